The van der Waals surface area contributed by atoms with E-state index >= 15 is 0 Å². The molecule has 0 aromatic heterocycles. The van der Waals surface area contributed by atoms with Crippen molar-refractivity contribution < 1.29 is 23.9 Å². The number of amides is 4. The lowest BCUT2D eigenvalue weighted by atomic mass is 9.81. The zero-order chi connectivity index (χ0) is 24.1. The highest BCUT2D eigenvalue weighted by Crippen LogP contribution is 2.28. The van der Waals surface area contributed by atoms with Crippen molar-refractivity contribution in [3.8, 4) is 0 Å². The van der Waals surface area contributed by atoms with E-state index in [-0.39, 0.29) is 43.2 Å². The van der Waals surface area contributed by atoms with Gasteiger partial charge in [-0.1, -0.05) is 30.3 Å². The Kier molecular flexibility index (Phi) is 7.82. The Hall–Kier alpha value is -2.94. The van der Waals surface area contributed by atoms with E-state index in [0.717, 1.165) is 62.1 Å². The molecule has 0 bridgehead atoms. The van der Waals surface area contributed by atoms with Crippen LogP contribution in [0.25, 0.3) is 0 Å². The third kappa shape index (κ3) is 5.58. The second kappa shape index (κ2) is 11.0. The number of benzene rings is 1. The maximum absolute atomic E-state index is 12.9. The normalized spacial score (nSPS) is 25.8. The van der Waals surface area contributed by atoms with Gasteiger partial charge in [0.15, 0.2) is 0 Å². The molecule has 2 saturated heterocycles. The molecule has 2 atom stereocenters. The Morgan fingerprint density at radius 2 is 1.71 bits per heavy atom. The number of rotatable bonds is 6. The topological polar surface area (TPSA) is 122 Å². The monoisotopic (exact) mass is 470 g/mol. The van der Waals surface area contributed by atoms with Crippen LogP contribution >= 0.6 is 0 Å². The molecule has 1 aromatic carbocycles. The second-order valence-corrected chi connectivity index (χ2v) is 9.54. The third-order valence-corrected chi connectivity index (χ3v) is 7.25. The molecule has 3 N–H and O–H groups in total. The molecule has 3 fully saturated rings. The number of carbonyl (C=O) groups is 4. The van der Waals surface area contributed by atoms with Crippen molar-refractivity contribution in [3.05, 3.63) is 35.9 Å². The molecule has 2 aliphatic heterocycles. The van der Waals surface area contributed by atoms with Gasteiger partial charge >= 0.3 is 6.09 Å². The zero-order valence-corrected chi connectivity index (χ0v) is 19.5. The van der Waals surface area contributed by atoms with E-state index in [1.54, 1.807) is 0 Å². The van der Waals surface area contributed by atoms with Gasteiger partial charge in [0.1, 0.15) is 12.6 Å². The first-order valence-corrected chi connectivity index (χ1v) is 12.3. The van der Waals surface area contributed by atoms with Gasteiger partial charge in [0.2, 0.25) is 17.7 Å². The van der Waals surface area contributed by atoms with Crippen molar-refractivity contribution in [1.82, 2.24) is 15.1 Å². The number of ether oxygens (including phenoxy) is 1. The average molecular weight is 471 g/mol. The number of nitrogens with zero attached hydrogens (tertiary/aromatic N) is 2. The van der Waals surface area contributed by atoms with Crippen molar-refractivity contribution in [2.75, 3.05) is 13.1 Å². The molecule has 34 heavy (non-hydrogen) atoms. The molecule has 1 aromatic rings. The smallest absolute Gasteiger partial charge is 0.417 e. The Morgan fingerprint density at radius 1 is 1.03 bits per heavy atom. The van der Waals surface area contributed by atoms with Crippen LogP contribution in [-0.4, -0.2) is 64.8 Å². The van der Waals surface area contributed by atoms with Crippen molar-refractivity contribution in [2.45, 2.75) is 76.1 Å². The van der Waals surface area contributed by atoms with Crippen molar-refractivity contribution >= 4 is 23.8 Å². The molecule has 2 heterocycles. The first-order chi connectivity index (χ1) is 16.4. The van der Waals surface area contributed by atoms with E-state index < -0.39 is 24.1 Å². The van der Waals surface area contributed by atoms with Crippen LogP contribution in [0.2, 0.25) is 0 Å². The third-order valence-electron chi connectivity index (χ3n) is 7.25. The van der Waals surface area contributed by atoms with Gasteiger partial charge in [-0.3, -0.25) is 14.4 Å². The van der Waals surface area contributed by atoms with Crippen LogP contribution in [-0.2, 0) is 25.7 Å². The fourth-order valence-electron chi connectivity index (χ4n) is 5.22. The summed E-state index contributed by atoms with van der Waals surface area (Å²) in [4.78, 5) is 53.3. The minimum absolute atomic E-state index is 0.0399. The average Bonchev–Trinajstić information content (AvgIpc) is 3.53. The van der Waals surface area contributed by atoms with Gasteiger partial charge in [0.25, 0.3) is 0 Å². The highest BCUT2D eigenvalue weighted by Gasteiger charge is 2.42. The van der Waals surface area contributed by atoms with Crippen molar-refractivity contribution in [2.24, 2.45) is 11.7 Å². The largest absolute Gasteiger partial charge is 0.444 e. The maximum atomic E-state index is 12.9. The number of nitrogens with two attached hydrogens (primary N) is 1. The van der Waals surface area contributed by atoms with Crippen LogP contribution in [0.15, 0.2) is 30.3 Å². The first kappa shape index (κ1) is 24.2. The number of nitrogens with one attached hydrogen (secondary N) is 1. The maximum Gasteiger partial charge on any atom is 0.417 e. The fourth-order valence-corrected chi connectivity index (χ4v) is 5.22. The SMILES string of the molecule is NC(C(=O)N1CCCC1)C1CCC(NC(=O)[C@@H]2CCC(=O)N2C(=O)OCc2ccccc2)CC1. The van der Waals surface area contributed by atoms with Crippen LogP contribution in [0.3, 0.4) is 0 Å². The summed E-state index contributed by atoms with van der Waals surface area (Å²) in [6, 6.07) is 7.78. The Bertz CT molecular complexity index is 894. The zero-order valence-electron chi connectivity index (χ0n) is 19.5. The lowest BCUT2D eigenvalue weighted by Gasteiger charge is -2.34. The van der Waals surface area contributed by atoms with Crippen LogP contribution in [0.4, 0.5) is 4.79 Å². The van der Waals surface area contributed by atoms with Crippen molar-refractivity contribution in [1.29, 1.82) is 0 Å². The molecule has 0 radical (unpaired) electrons. The van der Waals surface area contributed by atoms with Crippen LogP contribution in [0.1, 0.15) is 56.9 Å². The highest BCUT2D eigenvalue weighted by atomic mass is 16.6. The van der Waals surface area contributed by atoms with E-state index in [1.807, 2.05) is 35.2 Å². The summed E-state index contributed by atoms with van der Waals surface area (Å²) in [5.41, 5.74) is 7.09. The molecular formula is C25H34N4O5. The molecule has 4 rings (SSSR count). The van der Waals surface area contributed by atoms with Gasteiger partial charge in [0.05, 0.1) is 6.04 Å². The fraction of sp³-hybridized carbons (Fsp3) is 0.600. The Balaban J connectivity index is 1.26. The Morgan fingerprint density at radius 3 is 2.38 bits per heavy atom. The molecule has 9 heteroatoms. The van der Waals surface area contributed by atoms with Gasteiger partial charge < -0.3 is 20.7 Å². The van der Waals surface area contributed by atoms with E-state index in [4.69, 9.17) is 10.5 Å². The van der Waals surface area contributed by atoms with Gasteiger partial charge in [0, 0.05) is 25.6 Å². The summed E-state index contributed by atoms with van der Waals surface area (Å²) in [5.74, 6) is -0.574. The lowest BCUT2D eigenvalue weighted by molar-refractivity contribution is -0.134. The summed E-state index contributed by atoms with van der Waals surface area (Å²) in [5, 5.41) is 3.01. The van der Waals surface area contributed by atoms with Crippen LogP contribution in [0.5, 0.6) is 0 Å². The number of hydrogen-bond donors (Lipinski definition) is 2. The first-order valence-electron chi connectivity index (χ1n) is 12.3. The standard InChI is InChI=1S/C25H34N4O5/c26-22(24(32)28-14-4-5-15-28)18-8-10-19(11-9-18)27-23(31)20-12-13-21(30)29(20)25(33)34-16-17-6-2-1-3-7-17/h1-3,6-7,18-20,22H,4-5,8-16,26H2,(H,27,31)/t18?,19?,20-,22?/m0/s1. The summed E-state index contributed by atoms with van der Waals surface area (Å²) in [6.07, 6.45) is 4.68. The van der Waals surface area contributed by atoms with E-state index in [1.165, 1.54) is 0 Å². The number of imide groups is 1. The van der Waals surface area contributed by atoms with Crippen molar-refractivity contribution in [3.63, 3.8) is 0 Å². The summed E-state index contributed by atoms with van der Waals surface area (Å²) in [6.45, 7) is 1.63. The van der Waals surface area contributed by atoms with E-state index in [9.17, 15) is 19.2 Å². The molecule has 4 amide bonds. The molecule has 0 spiro atoms. The highest BCUT2D eigenvalue weighted by molar-refractivity contribution is 6.00. The van der Waals surface area contributed by atoms with Gasteiger partial charge in [-0.2, -0.15) is 0 Å². The van der Waals surface area contributed by atoms with E-state index in [2.05, 4.69) is 5.32 Å². The number of likely N-dealkylation sites (tertiary alicyclic amines) is 2. The molecule has 184 valence electrons. The predicted octanol–water partition coefficient (Wildman–Crippen LogP) is 1.94. The summed E-state index contributed by atoms with van der Waals surface area (Å²) in [7, 11) is 0. The molecule has 1 unspecified atom stereocenters. The minimum Gasteiger partial charge on any atom is -0.444 e. The molecule has 9 nitrogen and oxygen atoms in total. The van der Waals surface area contributed by atoms with Gasteiger partial charge in [-0.05, 0) is 56.4 Å². The number of hydrogen-bond acceptors (Lipinski definition) is 6. The summed E-state index contributed by atoms with van der Waals surface area (Å²) < 4.78 is 5.29. The quantitative estimate of drug-likeness (QED) is 0.655. The van der Waals surface area contributed by atoms with Gasteiger partial charge in [-0.15, -0.1) is 0 Å². The minimum atomic E-state index is -0.854. The Labute approximate surface area is 200 Å². The molecular weight excluding hydrogens is 436 g/mol. The van der Waals surface area contributed by atoms with E-state index in [0.29, 0.717) is 0 Å². The molecule has 1 saturated carbocycles. The predicted molar refractivity (Wildman–Crippen MR) is 124 cm³/mol. The lowest BCUT2D eigenvalue weighted by Crippen LogP contribution is -2.52. The second-order valence-electron chi connectivity index (χ2n) is 9.54. The molecule has 1 aliphatic carbocycles. The number of carbonyl (C=O) groups excluding carboxylic acids is 4. The summed E-state index contributed by atoms with van der Waals surface area (Å²) >= 11 is 0. The van der Waals surface area contributed by atoms with Gasteiger partial charge in [-0.25, -0.2) is 9.69 Å². The molecule has 3 aliphatic rings. The van der Waals surface area contributed by atoms with Crippen LogP contribution in [0, 0.1) is 5.92 Å². The van der Waals surface area contributed by atoms with Crippen LogP contribution < -0.4 is 11.1 Å².